The number of tetrazole rings is 1. The lowest BCUT2D eigenvalue weighted by atomic mass is 9.95. The first kappa shape index (κ1) is 24.9. The van der Waals surface area contributed by atoms with Crippen molar-refractivity contribution >= 4 is 10.9 Å². The Morgan fingerprint density at radius 1 is 0.947 bits per heavy atom. The molecule has 8 heteroatoms. The number of fused-ring (bicyclic) bond motifs is 1. The van der Waals surface area contributed by atoms with Gasteiger partial charge in [0.15, 0.2) is 5.82 Å². The number of aryl methyl sites for hydroxylation is 1. The first-order chi connectivity index (χ1) is 18.7. The Balaban J connectivity index is 1.35. The Kier molecular flexibility index (Phi) is 7.33. The predicted octanol–water partition coefficient (Wildman–Crippen LogP) is 4.49. The number of hydrogen-bond donors (Lipinski definition) is 1. The highest BCUT2D eigenvalue weighted by atomic mass is 16.1. The lowest BCUT2D eigenvalue weighted by molar-refractivity contribution is 0.0982. The highest BCUT2D eigenvalue weighted by Gasteiger charge is 2.34. The fourth-order valence-corrected chi connectivity index (χ4v) is 6.18. The number of rotatable bonds is 7. The predicted molar refractivity (Wildman–Crippen MR) is 149 cm³/mol. The summed E-state index contributed by atoms with van der Waals surface area (Å²) in [5.41, 5.74) is 4.13. The fourth-order valence-electron chi connectivity index (χ4n) is 6.18. The van der Waals surface area contributed by atoms with Crippen molar-refractivity contribution in [2.75, 3.05) is 26.2 Å². The zero-order chi connectivity index (χ0) is 25.9. The van der Waals surface area contributed by atoms with Gasteiger partial charge in [0.25, 0.3) is 5.56 Å². The molecule has 2 aromatic carbocycles. The van der Waals surface area contributed by atoms with Crippen LogP contribution >= 0.6 is 0 Å². The summed E-state index contributed by atoms with van der Waals surface area (Å²) in [6, 6.07) is 19.0. The molecule has 8 nitrogen and oxygen atoms in total. The third kappa shape index (κ3) is 5.15. The van der Waals surface area contributed by atoms with E-state index in [2.05, 4.69) is 85.8 Å². The van der Waals surface area contributed by atoms with Crippen molar-refractivity contribution in [3.05, 3.63) is 87.5 Å². The van der Waals surface area contributed by atoms with Crippen LogP contribution in [0, 0.1) is 0 Å². The van der Waals surface area contributed by atoms with Crippen molar-refractivity contribution in [1.82, 2.24) is 35.0 Å². The van der Waals surface area contributed by atoms with E-state index < -0.39 is 0 Å². The van der Waals surface area contributed by atoms with Crippen LogP contribution in [0.25, 0.3) is 10.9 Å². The summed E-state index contributed by atoms with van der Waals surface area (Å²) >= 11 is 0. The molecule has 0 radical (unpaired) electrons. The average Bonchev–Trinajstić information content (AvgIpc) is 3.45. The van der Waals surface area contributed by atoms with Crippen molar-refractivity contribution in [2.45, 2.75) is 64.1 Å². The molecule has 1 saturated carbocycles. The van der Waals surface area contributed by atoms with Gasteiger partial charge in [-0.05, 0) is 64.4 Å². The first-order valence-corrected chi connectivity index (χ1v) is 14.1. The van der Waals surface area contributed by atoms with E-state index >= 15 is 0 Å². The molecule has 6 rings (SSSR count). The second kappa shape index (κ2) is 11.2. The van der Waals surface area contributed by atoms with Gasteiger partial charge in [-0.15, -0.1) is 5.10 Å². The molecular weight excluding hydrogens is 474 g/mol. The van der Waals surface area contributed by atoms with Crippen LogP contribution in [0.2, 0.25) is 0 Å². The molecule has 1 aliphatic heterocycles. The molecule has 1 atom stereocenters. The first-order valence-electron chi connectivity index (χ1n) is 14.1. The van der Waals surface area contributed by atoms with E-state index in [1.165, 1.54) is 30.4 Å². The molecule has 2 aromatic heterocycles. The molecule has 0 spiro atoms. The van der Waals surface area contributed by atoms with Gasteiger partial charge in [0.05, 0.1) is 6.04 Å². The number of pyridine rings is 1. The number of H-pyrrole nitrogens is 1. The molecule has 1 N–H and O–H groups in total. The summed E-state index contributed by atoms with van der Waals surface area (Å²) in [7, 11) is 0. The van der Waals surface area contributed by atoms with E-state index in [4.69, 9.17) is 0 Å². The Hall–Kier alpha value is -3.36. The van der Waals surface area contributed by atoms with Crippen LogP contribution in [0.1, 0.15) is 73.6 Å². The Morgan fingerprint density at radius 2 is 1.74 bits per heavy atom. The topological polar surface area (TPSA) is 82.9 Å². The highest BCUT2D eigenvalue weighted by Crippen LogP contribution is 2.33. The third-order valence-electron chi connectivity index (χ3n) is 8.34. The number of piperazine rings is 1. The maximum absolute atomic E-state index is 13.6. The van der Waals surface area contributed by atoms with Crippen molar-refractivity contribution in [2.24, 2.45) is 0 Å². The molecule has 2 aliphatic rings. The minimum Gasteiger partial charge on any atom is -0.322 e. The molecule has 0 amide bonds. The molecular formula is C30H37N7O. The summed E-state index contributed by atoms with van der Waals surface area (Å²) in [4.78, 5) is 21.7. The second-order valence-electron chi connectivity index (χ2n) is 10.8. The Labute approximate surface area is 223 Å². The lowest BCUT2D eigenvalue weighted by Crippen LogP contribution is -2.48. The van der Waals surface area contributed by atoms with E-state index in [-0.39, 0.29) is 11.6 Å². The molecule has 1 saturated heterocycles. The van der Waals surface area contributed by atoms with E-state index in [1.54, 1.807) is 0 Å². The minimum atomic E-state index is -0.288. The monoisotopic (exact) mass is 511 g/mol. The number of nitrogens with one attached hydrogen (secondary N) is 1. The van der Waals surface area contributed by atoms with Gasteiger partial charge in [-0.1, -0.05) is 62.6 Å². The molecule has 1 aliphatic carbocycles. The van der Waals surface area contributed by atoms with Crippen LogP contribution in [0.4, 0.5) is 0 Å². The number of aromatic amines is 1. The Bertz CT molecular complexity index is 1420. The van der Waals surface area contributed by atoms with E-state index in [9.17, 15) is 4.79 Å². The number of hydrogen-bond acceptors (Lipinski definition) is 6. The quantitative estimate of drug-likeness (QED) is 0.394. The normalized spacial score (nSPS) is 18.7. The molecule has 198 valence electrons. The maximum atomic E-state index is 13.6. The van der Waals surface area contributed by atoms with Gasteiger partial charge in [-0.2, -0.15) is 0 Å². The van der Waals surface area contributed by atoms with Crippen LogP contribution in [-0.2, 0) is 13.0 Å². The lowest BCUT2D eigenvalue weighted by Gasteiger charge is -2.39. The van der Waals surface area contributed by atoms with Crippen molar-refractivity contribution in [3.8, 4) is 0 Å². The van der Waals surface area contributed by atoms with E-state index in [0.29, 0.717) is 6.04 Å². The van der Waals surface area contributed by atoms with Gasteiger partial charge in [0.1, 0.15) is 6.04 Å². The molecule has 3 heterocycles. The van der Waals surface area contributed by atoms with Gasteiger partial charge in [0, 0.05) is 43.8 Å². The SMILES string of the molecule is CCc1ccc2[nH]c(=O)c([C@H](c3nnnn3C3CCCCC3)N3CCN(Cc4ccccc4)CC3)cc2c1. The van der Waals surface area contributed by atoms with Gasteiger partial charge in [-0.3, -0.25) is 14.6 Å². The van der Waals surface area contributed by atoms with Crippen LogP contribution in [0.3, 0.4) is 0 Å². The van der Waals surface area contributed by atoms with Crippen LogP contribution in [0.5, 0.6) is 0 Å². The zero-order valence-corrected chi connectivity index (χ0v) is 22.2. The van der Waals surface area contributed by atoms with E-state index in [0.717, 1.165) is 74.3 Å². The van der Waals surface area contributed by atoms with Crippen LogP contribution < -0.4 is 5.56 Å². The van der Waals surface area contributed by atoms with Crippen molar-refractivity contribution < 1.29 is 0 Å². The summed E-state index contributed by atoms with van der Waals surface area (Å²) in [6.07, 6.45) is 6.79. The molecule has 2 fully saturated rings. The molecule has 38 heavy (non-hydrogen) atoms. The molecule has 4 aromatic rings. The maximum Gasteiger partial charge on any atom is 0.253 e. The zero-order valence-electron chi connectivity index (χ0n) is 22.2. The summed E-state index contributed by atoms with van der Waals surface area (Å²) < 4.78 is 2.03. The standard InChI is InChI=1S/C30H37N7O/c1-2-22-13-14-27-24(19-22)20-26(30(38)31-27)28(29-32-33-34-37(29)25-11-7-4-8-12-25)36-17-15-35(16-18-36)21-23-9-5-3-6-10-23/h3,5-6,9-10,13-14,19-20,25,28H,2,4,7-8,11-12,15-18,21H2,1H3,(H,31,38)/t28-/m1/s1. The molecule has 0 unspecified atom stereocenters. The van der Waals surface area contributed by atoms with Gasteiger partial charge in [0.2, 0.25) is 0 Å². The summed E-state index contributed by atoms with van der Waals surface area (Å²) in [5.74, 6) is 0.796. The van der Waals surface area contributed by atoms with Gasteiger partial charge < -0.3 is 4.98 Å². The average molecular weight is 512 g/mol. The highest BCUT2D eigenvalue weighted by molar-refractivity contribution is 5.80. The summed E-state index contributed by atoms with van der Waals surface area (Å²) in [5, 5.41) is 14.3. The number of nitrogens with zero attached hydrogens (tertiary/aromatic N) is 6. The molecule has 0 bridgehead atoms. The summed E-state index contributed by atoms with van der Waals surface area (Å²) in [6.45, 7) is 6.66. The van der Waals surface area contributed by atoms with Crippen molar-refractivity contribution in [3.63, 3.8) is 0 Å². The van der Waals surface area contributed by atoms with Crippen molar-refractivity contribution in [1.29, 1.82) is 0 Å². The smallest absolute Gasteiger partial charge is 0.253 e. The number of aromatic nitrogens is 5. The fraction of sp³-hybridized carbons (Fsp3) is 0.467. The Morgan fingerprint density at radius 3 is 2.50 bits per heavy atom. The van der Waals surface area contributed by atoms with Crippen LogP contribution in [0.15, 0.2) is 59.4 Å². The third-order valence-corrected chi connectivity index (χ3v) is 8.34. The van der Waals surface area contributed by atoms with E-state index in [1.807, 2.05) is 10.7 Å². The largest absolute Gasteiger partial charge is 0.322 e. The van der Waals surface area contributed by atoms with Gasteiger partial charge >= 0.3 is 0 Å². The van der Waals surface area contributed by atoms with Crippen LogP contribution in [-0.4, -0.2) is 61.2 Å². The number of benzene rings is 2. The second-order valence-corrected chi connectivity index (χ2v) is 10.8. The van der Waals surface area contributed by atoms with Gasteiger partial charge in [-0.25, -0.2) is 4.68 Å². The minimum absolute atomic E-state index is 0.0587.